The Hall–Kier alpha value is -0.800. The lowest BCUT2D eigenvalue weighted by Gasteiger charge is -2.08. The van der Waals surface area contributed by atoms with E-state index in [1.165, 1.54) is 10.9 Å². The van der Waals surface area contributed by atoms with E-state index in [-0.39, 0.29) is 6.04 Å². The zero-order chi connectivity index (χ0) is 10.3. The van der Waals surface area contributed by atoms with Gasteiger partial charge in [0.15, 0.2) is 0 Å². The Morgan fingerprint density at radius 2 is 2.00 bits per heavy atom. The van der Waals surface area contributed by atoms with Crippen molar-refractivity contribution in [2.75, 3.05) is 0 Å². The lowest BCUT2D eigenvalue weighted by molar-refractivity contribution is 0.722. The molecule has 0 spiro atoms. The first-order valence-corrected chi connectivity index (χ1v) is 5.40. The maximum absolute atomic E-state index is 5.93. The van der Waals surface area contributed by atoms with Crippen LogP contribution in [0.2, 0.25) is 0 Å². The van der Waals surface area contributed by atoms with Gasteiger partial charge < -0.3 is 10.3 Å². The predicted molar refractivity (Wildman–Crippen MR) is 63.2 cm³/mol. The number of aryl methyl sites for hydroxylation is 1. The van der Waals surface area contributed by atoms with Crippen molar-refractivity contribution < 1.29 is 0 Å². The molecule has 2 nitrogen and oxygen atoms in total. The van der Waals surface area contributed by atoms with Crippen molar-refractivity contribution in [2.45, 2.75) is 13.0 Å². The molecule has 14 heavy (non-hydrogen) atoms. The van der Waals surface area contributed by atoms with Crippen LogP contribution in [-0.4, -0.2) is 4.57 Å². The number of halogens is 1. The second-order valence-corrected chi connectivity index (χ2v) is 4.36. The van der Waals surface area contributed by atoms with Crippen LogP contribution in [0, 0.1) is 0 Å². The SMILES string of the molecule is C[C@@H](N)c1c(Br)c2ccccc2n1C. The van der Waals surface area contributed by atoms with E-state index >= 15 is 0 Å². The fourth-order valence-corrected chi connectivity index (χ4v) is 2.83. The number of fused-ring (bicyclic) bond motifs is 1. The molecule has 2 aromatic rings. The van der Waals surface area contributed by atoms with Gasteiger partial charge in [-0.05, 0) is 28.9 Å². The van der Waals surface area contributed by atoms with Crippen molar-refractivity contribution >= 4 is 26.8 Å². The van der Waals surface area contributed by atoms with Gasteiger partial charge in [0.2, 0.25) is 0 Å². The molecule has 1 atom stereocenters. The van der Waals surface area contributed by atoms with E-state index in [0.717, 1.165) is 10.2 Å². The van der Waals surface area contributed by atoms with E-state index in [4.69, 9.17) is 5.73 Å². The molecule has 0 amide bonds. The molecule has 2 rings (SSSR count). The van der Waals surface area contributed by atoms with Gasteiger partial charge in [-0.3, -0.25) is 0 Å². The fraction of sp³-hybridized carbons (Fsp3) is 0.273. The Balaban J connectivity index is 2.85. The van der Waals surface area contributed by atoms with E-state index in [2.05, 4.69) is 32.6 Å². The van der Waals surface area contributed by atoms with Crippen LogP contribution in [-0.2, 0) is 7.05 Å². The van der Waals surface area contributed by atoms with Crippen LogP contribution in [0.3, 0.4) is 0 Å². The van der Waals surface area contributed by atoms with Gasteiger partial charge >= 0.3 is 0 Å². The number of benzene rings is 1. The highest BCUT2D eigenvalue weighted by Gasteiger charge is 2.14. The largest absolute Gasteiger partial charge is 0.345 e. The molecular formula is C11H13BrN2. The molecule has 0 aliphatic heterocycles. The first-order valence-electron chi connectivity index (χ1n) is 4.61. The topological polar surface area (TPSA) is 30.9 Å². The summed E-state index contributed by atoms with van der Waals surface area (Å²) in [5.74, 6) is 0. The van der Waals surface area contributed by atoms with Crippen LogP contribution in [0.5, 0.6) is 0 Å². The quantitative estimate of drug-likeness (QED) is 0.832. The Bertz CT molecular complexity index is 432. The molecule has 1 heterocycles. The van der Waals surface area contributed by atoms with E-state index in [0.29, 0.717) is 0 Å². The van der Waals surface area contributed by atoms with Gasteiger partial charge in [-0.1, -0.05) is 18.2 Å². The molecule has 0 fully saturated rings. The van der Waals surface area contributed by atoms with Crippen molar-refractivity contribution in [3.8, 4) is 0 Å². The summed E-state index contributed by atoms with van der Waals surface area (Å²) in [6.45, 7) is 2.00. The molecule has 3 heteroatoms. The first kappa shape index (κ1) is 9.74. The summed E-state index contributed by atoms with van der Waals surface area (Å²) in [4.78, 5) is 0. The molecule has 1 aromatic carbocycles. The maximum atomic E-state index is 5.93. The summed E-state index contributed by atoms with van der Waals surface area (Å²) < 4.78 is 3.26. The number of nitrogens with two attached hydrogens (primary N) is 1. The van der Waals surface area contributed by atoms with E-state index in [1.807, 2.05) is 26.1 Å². The van der Waals surface area contributed by atoms with Gasteiger partial charge in [0.1, 0.15) is 0 Å². The lowest BCUT2D eigenvalue weighted by atomic mass is 10.2. The number of nitrogens with zero attached hydrogens (tertiary/aromatic N) is 1. The average molecular weight is 253 g/mol. The Labute approximate surface area is 91.8 Å². The van der Waals surface area contributed by atoms with E-state index in [9.17, 15) is 0 Å². The molecule has 0 bridgehead atoms. The molecule has 0 radical (unpaired) electrons. The van der Waals surface area contributed by atoms with E-state index in [1.54, 1.807) is 0 Å². The normalized spacial score (nSPS) is 13.4. The minimum Gasteiger partial charge on any atom is -0.345 e. The molecule has 0 unspecified atom stereocenters. The minimum atomic E-state index is 0.0433. The standard InChI is InChI=1S/C11H13BrN2/c1-7(13)11-10(12)8-5-3-4-6-9(8)14(11)2/h3-7H,13H2,1-2H3/t7-/m1/s1. The fourth-order valence-electron chi connectivity index (χ4n) is 1.87. The second-order valence-electron chi connectivity index (χ2n) is 3.56. The zero-order valence-corrected chi connectivity index (χ0v) is 9.88. The van der Waals surface area contributed by atoms with Crippen LogP contribution in [0.4, 0.5) is 0 Å². The molecule has 1 aromatic heterocycles. The van der Waals surface area contributed by atoms with Gasteiger partial charge in [0.25, 0.3) is 0 Å². The van der Waals surface area contributed by atoms with Crippen molar-refractivity contribution in [3.05, 3.63) is 34.4 Å². The third-order valence-corrected chi connectivity index (χ3v) is 3.35. The van der Waals surface area contributed by atoms with Gasteiger partial charge in [0.05, 0.1) is 0 Å². The number of para-hydroxylation sites is 1. The maximum Gasteiger partial charge on any atom is 0.0494 e. The van der Waals surface area contributed by atoms with Gasteiger partial charge in [0, 0.05) is 34.2 Å². The Morgan fingerprint density at radius 1 is 1.36 bits per heavy atom. The molecule has 0 saturated carbocycles. The highest BCUT2D eigenvalue weighted by molar-refractivity contribution is 9.10. The van der Waals surface area contributed by atoms with Crippen LogP contribution in [0.15, 0.2) is 28.7 Å². The molecule has 0 aliphatic rings. The monoisotopic (exact) mass is 252 g/mol. The van der Waals surface area contributed by atoms with Crippen LogP contribution < -0.4 is 5.73 Å². The van der Waals surface area contributed by atoms with Crippen molar-refractivity contribution in [1.29, 1.82) is 0 Å². The first-order chi connectivity index (χ1) is 6.63. The molecule has 74 valence electrons. The third kappa shape index (κ3) is 1.28. The van der Waals surface area contributed by atoms with E-state index < -0.39 is 0 Å². The average Bonchev–Trinajstić information content (AvgIpc) is 2.41. The molecule has 0 saturated heterocycles. The van der Waals surface area contributed by atoms with Gasteiger partial charge in [-0.2, -0.15) is 0 Å². The number of hydrogen-bond acceptors (Lipinski definition) is 1. The highest BCUT2D eigenvalue weighted by atomic mass is 79.9. The number of hydrogen-bond donors (Lipinski definition) is 1. The van der Waals surface area contributed by atoms with Crippen molar-refractivity contribution in [2.24, 2.45) is 12.8 Å². The summed E-state index contributed by atoms with van der Waals surface area (Å²) in [6, 6.07) is 8.33. The third-order valence-electron chi connectivity index (χ3n) is 2.52. The molecule has 0 aliphatic carbocycles. The Kier molecular flexibility index (Phi) is 2.37. The van der Waals surface area contributed by atoms with Gasteiger partial charge in [-0.15, -0.1) is 0 Å². The molecule has 2 N–H and O–H groups in total. The summed E-state index contributed by atoms with van der Waals surface area (Å²) in [6.07, 6.45) is 0. The number of rotatable bonds is 1. The van der Waals surface area contributed by atoms with Crippen LogP contribution in [0.25, 0.3) is 10.9 Å². The zero-order valence-electron chi connectivity index (χ0n) is 8.29. The predicted octanol–water partition coefficient (Wildman–Crippen LogP) is 2.96. The lowest BCUT2D eigenvalue weighted by Crippen LogP contribution is -2.10. The summed E-state index contributed by atoms with van der Waals surface area (Å²) in [5.41, 5.74) is 8.29. The second kappa shape index (κ2) is 3.41. The summed E-state index contributed by atoms with van der Waals surface area (Å²) >= 11 is 3.60. The molecular weight excluding hydrogens is 240 g/mol. The van der Waals surface area contributed by atoms with Gasteiger partial charge in [-0.25, -0.2) is 0 Å². The van der Waals surface area contributed by atoms with Crippen molar-refractivity contribution in [1.82, 2.24) is 4.57 Å². The highest BCUT2D eigenvalue weighted by Crippen LogP contribution is 2.32. The van der Waals surface area contributed by atoms with Crippen LogP contribution in [0.1, 0.15) is 18.7 Å². The smallest absolute Gasteiger partial charge is 0.0494 e. The van der Waals surface area contributed by atoms with Crippen molar-refractivity contribution in [3.63, 3.8) is 0 Å². The minimum absolute atomic E-state index is 0.0433. The summed E-state index contributed by atoms with van der Waals surface area (Å²) in [7, 11) is 2.05. The Morgan fingerprint density at radius 3 is 2.57 bits per heavy atom. The summed E-state index contributed by atoms with van der Waals surface area (Å²) in [5, 5.41) is 1.22. The van der Waals surface area contributed by atoms with Crippen LogP contribution >= 0.6 is 15.9 Å². The number of aromatic nitrogens is 1.